The van der Waals surface area contributed by atoms with E-state index in [2.05, 4.69) is 15.4 Å². The third-order valence-corrected chi connectivity index (χ3v) is 3.91. The van der Waals surface area contributed by atoms with Gasteiger partial charge in [0.1, 0.15) is 6.61 Å². The van der Waals surface area contributed by atoms with Crippen molar-refractivity contribution in [2.24, 2.45) is 0 Å². The number of aliphatic hydroxyl groups excluding tert-OH is 1. The molecular weight excluding hydrogens is 364 g/mol. The van der Waals surface area contributed by atoms with Gasteiger partial charge in [-0.2, -0.15) is 0 Å². The fourth-order valence-corrected chi connectivity index (χ4v) is 2.38. The Kier molecular flexibility index (Phi) is 7.53. The molecule has 0 aliphatic rings. The van der Waals surface area contributed by atoms with Crippen LogP contribution >= 0.6 is 0 Å². The van der Waals surface area contributed by atoms with Crippen molar-refractivity contribution in [3.8, 4) is 0 Å². The molecule has 2 aromatic carbocycles. The summed E-state index contributed by atoms with van der Waals surface area (Å²) in [4.78, 5) is 35.7. The van der Waals surface area contributed by atoms with E-state index < -0.39 is 30.6 Å². The molecule has 28 heavy (non-hydrogen) atoms. The molecule has 0 aliphatic carbocycles. The van der Waals surface area contributed by atoms with Gasteiger partial charge in [0.2, 0.25) is 0 Å². The van der Waals surface area contributed by atoms with Crippen molar-refractivity contribution in [2.75, 3.05) is 19.0 Å². The molecule has 8 heteroatoms. The molecule has 3 N–H and O–H groups in total. The molecule has 0 aromatic heterocycles. The van der Waals surface area contributed by atoms with E-state index in [4.69, 9.17) is 4.74 Å². The molecule has 0 saturated carbocycles. The molecule has 148 valence electrons. The summed E-state index contributed by atoms with van der Waals surface area (Å²) in [6, 6.07) is 12.7. The van der Waals surface area contributed by atoms with E-state index in [0.717, 1.165) is 5.56 Å². The van der Waals surface area contributed by atoms with Crippen LogP contribution in [-0.4, -0.2) is 42.8 Å². The van der Waals surface area contributed by atoms with Gasteiger partial charge >= 0.3 is 12.1 Å². The Morgan fingerprint density at radius 2 is 1.82 bits per heavy atom. The van der Waals surface area contributed by atoms with Crippen LogP contribution in [0.15, 0.2) is 48.5 Å². The summed E-state index contributed by atoms with van der Waals surface area (Å²) in [6.07, 6.45) is -0.616. The summed E-state index contributed by atoms with van der Waals surface area (Å²) < 4.78 is 9.67. The number of amides is 2. The topological polar surface area (TPSA) is 114 Å². The van der Waals surface area contributed by atoms with Crippen molar-refractivity contribution in [1.82, 2.24) is 5.32 Å². The molecule has 0 heterocycles. The number of aliphatic hydroxyl groups is 1. The van der Waals surface area contributed by atoms with Crippen molar-refractivity contribution in [1.29, 1.82) is 0 Å². The van der Waals surface area contributed by atoms with Crippen LogP contribution in [0.25, 0.3) is 0 Å². The number of carbonyl (C=O) groups excluding carboxylic acids is 3. The van der Waals surface area contributed by atoms with Crippen molar-refractivity contribution in [2.45, 2.75) is 19.6 Å². The number of hydrogen-bond acceptors (Lipinski definition) is 6. The quantitative estimate of drug-likeness (QED) is 0.627. The fraction of sp³-hybridized carbons (Fsp3) is 0.250. The number of nitrogens with one attached hydrogen (secondary N) is 2. The normalized spacial score (nSPS) is 11.2. The first kappa shape index (κ1) is 20.9. The summed E-state index contributed by atoms with van der Waals surface area (Å²) in [6.45, 7) is 1.28. The van der Waals surface area contributed by atoms with Crippen LogP contribution in [0, 0.1) is 6.92 Å². The van der Waals surface area contributed by atoms with Crippen LogP contribution in [0.3, 0.4) is 0 Å². The average Bonchev–Trinajstić information content (AvgIpc) is 2.71. The molecule has 0 fully saturated rings. The zero-order chi connectivity index (χ0) is 20.5. The lowest BCUT2D eigenvalue weighted by atomic mass is 10.1. The van der Waals surface area contributed by atoms with Gasteiger partial charge in [-0.05, 0) is 36.2 Å². The second-order valence-electron chi connectivity index (χ2n) is 5.95. The van der Waals surface area contributed by atoms with E-state index in [9.17, 15) is 19.5 Å². The molecule has 2 amide bonds. The second-order valence-corrected chi connectivity index (χ2v) is 5.95. The maximum atomic E-state index is 12.2. The summed E-state index contributed by atoms with van der Waals surface area (Å²) in [5.74, 6) is -1.29. The lowest BCUT2D eigenvalue weighted by Crippen LogP contribution is -2.44. The zero-order valence-corrected chi connectivity index (χ0v) is 15.6. The van der Waals surface area contributed by atoms with Gasteiger partial charge in [-0.15, -0.1) is 0 Å². The number of esters is 1. The third kappa shape index (κ3) is 5.82. The number of methoxy groups -OCH3 is 1. The van der Waals surface area contributed by atoms with E-state index >= 15 is 0 Å². The van der Waals surface area contributed by atoms with Gasteiger partial charge in [-0.1, -0.05) is 30.3 Å². The van der Waals surface area contributed by atoms with Crippen LogP contribution in [-0.2, 0) is 20.9 Å². The van der Waals surface area contributed by atoms with Crippen molar-refractivity contribution < 1.29 is 29.0 Å². The Labute approximate surface area is 162 Å². The molecule has 0 spiro atoms. The first-order valence-corrected chi connectivity index (χ1v) is 8.52. The molecule has 0 bridgehead atoms. The molecule has 2 aromatic rings. The van der Waals surface area contributed by atoms with Gasteiger partial charge in [0, 0.05) is 11.3 Å². The zero-order valence-electron chi connectivity index (χ0n) is 15.6. The van der Waals surface area contributed by atoms with Gasteiger partial charge in [-0.25, -0.2) is 9.59 Å². The van der Waals surface area contributed by atoms with Crippen LogP contribution in [0.1, 0.15) is 21.5 Å². The average molecular weight is 386 g/mol. The minimum absolute atomic E-state index is 0.141. The number of aryl methyl sites for hydroxylation is 1. The highest BCUT2D eigenvalue weighted by Crippen LogP contribution is 2.17. The van der Waals surface area contributed by atoms with Crippen molar-refractivity contribution in [3.05, 3.63) is 65.2 Å². The van der Waals surface area contributed by atoms with Gasteiger partial charge < -0.3 is 19.9 Å². The van der Waals surface area contributed by atoms with Gasteiger partial charge in [-0.3, -0.25) is 10.1 Å². The summed E-state index contributed by atoms with van der Waals surface area (Å²) in [7, 11) is 1.17. The van der Waals surface area contributed by atoms with Crippen LogP contribution in [0.5, 0.6) is 0 Å². The van der Waals surface area contributed by atoms with E-state index in [-0.39, 0.29) is 12.2 Å². The number of anilines is 1. The summed E-state index contributed by atoms with van der Waals surface area (Å²) >= 11 is 0. The number of rotatable bonds is 7. The van der Waals surface area contributed by atoms with Crippen molar-refractivity contribution in [3.63, 3.8) is 0 Å². The molecular formula is C20H22N2O6. The van der Waals surface area contributed by atoms with Gasteiger partial charge in [0.05, 0.1) is 13.7 Å². The minimum atomic E-state index is -1.15. The lowest BCUT2D eigenvalue weighted by molar-refractivity contribution is -0.143. The predicted octanol–water partition coefficient (Wildman–Crippen LogP) is 2.01. The number of hydrogen-bond donors (Lipinski definition) is 3. The van der Waals surface area contributed by atoms with Gasteiger partial charge in [0.25, 0.3) is 5.91 Å². The standard InChI is InChI=1S/C20H22N2O6/c1-13-10-15(18(24)21-17(11-23)19(25)27-2)8-9-16(13)22-20(26)28-12-14-6-4-3-5-7-14/h3-10,17,23H,11-12H2,1-2H3,(H,21,24)(H,22,26). The molecule has 1 atom stereocenters. The molecule has 8 nitrogen and oxygen atoms in total. The van der Waals surface area contributed by atoms with Crippen molar-refractivity contribution >= 4 is 23.7 Å². The largest absolute Gasteiger partial charge is 0.467 e. The van der Waals surface area contributed by atoms with E-state index in [0.29, 0.717) is 11.3 Å². The maximum absolute atomic E-state index is 12.2. The fourth-order valence-electron chi connectivity index (χ4n) is 2.38. The highest BCUT2D eigenvalue weighted by molar-refractivity contribution is 5.98. The molecule has 0 radical (unpaired) electrons. The Morgan fingerprint density at radius 1 is 1.11 bits per heavy atom. The smallest absolute Gasteiger partial charge is 0.411 e. The highest BCUT2D eigenvalue weighted by atomic mass is 16.5. The molecule has 0 saturated heterocycles. The number of benzene rings is 2. The Balaban J connectivity index is 1.96. The Morgan fingerprint density at radius 3 is 2.43 bits per heavy atom. The van der Waals surface area contributed by atoms with E-state index in [1.807, 2.05) is 30.3 Å². The van der Waals surface area contributed by atoms with Gasteiger partial charge in [0.15, 0.2) is 6.04 Å². The monoisotopic (exact) mass is 386 g/mol. The third-order valence-electron chi connectivity index (χ3n) is 3.91. The predicted molar refractivity (Wildman–Crippen MR) is 102 cm³/mol. The minimum Gasteiger partial charge on any atom is -0.467 e. The molecule has 0 aliphatic heterocycles. The van der Waals surface area contributed by atoms with E-state index in [1.54, 1.807) is 19.1 Å². The summed E-state index contributed by atoms with van der Waals surface area (Å²) in [5, 5.41) is 14.2. The highest BCUT2D eigenvalue weighted by Gasteiger charge is 2.21. The van der Waals surface area contributed by atoms with E-state index in [1.165, 1.54) is 13.2 Å². The maximum Gasteiger partial charge on any atom is 0.411 e. The van der Waals surface area contributed by atoms with Crippen LogP contribution < -0.4 is 10.6 Å². The first-order chi connectivity index (χ1) is 13.4. The second kappa shape index (κ2) is 10.1. The summed E-state index contributed by atoms with van der Waals surface area (Å²) in [5.41, 5.74) is 2.25. The lowest BCUT2D eigenvalue weighted by Gasteiger charge is -2.15. The molecule has 1 unspecified atom stereocenters. The Hall–Kier alpha value is -3.39. The number of carbonyl (C=O) groups is 3. The number of ether oxygens (including phenoxy) is 2. The Bertz CT molecular complexity index is 838. The first-order valence-electron chi connectivity index (χ1n) is 8.52. The van der Waals surface area contributed by atoms with Crippen LogP contribution in [0.2, 0.25) is 0 Å². The van der Waals surface area contributed by atoms with Crippen LogP contribution in [0.4, 0.5) is 10.5 Å². The molecule has 2 rings (SSSR count). The SMILES string of the molecule is COC(=O)C(CO)NC(=O)c1ccc(NC(=O)OCc2ccccc2)c(C)c1.